The van der Waals surface area contributed by atoms with Crippen LogP contribution in [0.5, 0.6) is 5.75 Å². The van der Waals surface area contributed by atoms with Crippen LogP contribution in [0.4, 0.5) is 0 Å². The van der Waals surface area contributed by atoms with E-state index in [-0.39, 0.29) is 24.0 Å². The minimum Gasteiger partial charge on any atom is -0.492 e. The molecule has 5 heteroatoms. The van der Waals surface area contributed by atoms with Crippen LogP contribution in [0.1, 0.15) is 12.8 Å². The molecule has 0 amide bonds. The number of rotatable bonds is 5. The van der Waals surface area contributed by atoms with E-state index in [9.17, 15) is 0 Å². The van der Waals surface area contributed by atoms with E-state index in [0.29, 0.717) is 25.2 Å². The fourth-order valence-corrected chi connectivity index (χ4v) is 1.60. The van der Waals surface area contributed by atoms with E-state index in [1.807, 2.05) is 42.3 Å². The number of aliphatic imine (C=N–C) groups is 1. The van der Waals surface area contributed by atoms with Gasteiger partial charge in [0.05, 0.1) is 6.54 Å². The predicted octanol–water partition coefficient (Wildman–Crippen LogP) is 2.09. The molecule has 1 aromatic carbocycles. The third-order valence-corrected chi connectivity index (χ3v) is 2.83. The van der Waals surface area contributed by atoms with Crippen molar-refractivity contribution in [2.75, 3.05) is 20.2 Å². The molecule has 0 saturated heterocycles. The topological polar surface area (TPSA) is 50.8 Å². The molecule has 0 bridgehead atoms. The molecule has 0 heterocycles. The van der Waals surface area contributed by atoms with Gasteiger partial charge in [0, 0.05) is 13.1 Å². The Kier molecular flexibility index (Phi) is 6.24. The summed E-state index contributed by atoms with van der Waals surface area (Å²) in [4.78, 5) is 6.34. The SMILES string of the molecule is CN(C(N)=NCCOc1ccccc1)C1CC1.I. The average molecular weight is 361 g/mol. The lowest BCUT2D eigenvalue weighted by Gasteiger charge is -2.16. The molecule has 2 rings (SSSR count). The van der Waals surface area contributed by atoms with Gasteiger partial charge in [0.25, 0.3) is 0 Å². The second kappa shape index (κ2) is 7.45. The Morgan fingerprint density at radius 1 is 1.39 bits per heavy atom. The van der Waals surface area contributed by atoms with E-state index in [1.165, 1.54) is 12.8 Å². The summed E-state index contributed by atoms with van der Waals surface area (Å²) in [6, 6.07) is 10.3. The molecule has 1 aliphatic rings. The molecule has 100 valence electrons. The third kappa shape index (κ3) is 4.72. The highest BCUT2D eigenvalue weighted by molar-refractivity contribution is 14.0. The first-order chi connectivity index (χ1) is 8.27. The zero-order valence-electron chi connectivity index (χ0n) is 10.6. The first-order valence-corrected chi connectivity index (χ1v) is 5.98. The highest BCUT2D eigenvalue weighted by Gasteiger charge is 2.27. The Morgan fingerprint density at radius 2 is 2.06 bits per heavy atom. The van der Waals surface area contributed by atoms with Crippen molar-refractivity contribution in [3.8, 4) is 5.75 Å². The van der Waals surface area contributed by atoms with E-state index < -0.39 is 0 Å². The molecule has 0 aromatic heterocycles. The van der Waals surface area contributed by atoms with Crippen LogP contribution in [-0.4, -0.2) is 37.1 Å². The summed E-state index contributed by atoms with van der Waals surface area (Å²) >= 11 is 0. The molecule has 0 radical (unpaired) electrons. The maximum atomic E-state index is 5.86. The van der Waals surface area contributed by atoms with Crippen LogP contribution < -0.4 is 10.5 Å². The van der Waals surface area contributed by atoms with E-state index in [2.05, 4.69) is 4.99 Å². The van der Waals surface area contributed by atoms with Crippen LogP contribution in [0.15, 0.2) is 35.3 Å². The van der Waals surface area contributed by atoms with Gasteiger partial charge in [-0.3, -0.25) is 0 Å². The Morgan fingerprint density at radius 3 is 2.67 bits per heavy atom. The number of halogens is 1. The summed E-state index contributed by atoms with van der Waals surface area (Å²) in [7, 11) is 1.99. The summed E-state index contributed by atoms with van der Waals surface area (Å²) in [6.07, 6.45) is 2.46. The molecule has 2 N–H and O–H groups in total. The number of benzene rings is 1. The highest BCUT2D eigenvalue weighted by Crippen LogP contribution is 2.24. The van der Waals surface area contributed by atoms with Crippen molar-refractivity contribution in [1.82, 2.24) is 4.90 Å². The second-order valence-electron chi connectivity index (χ2n) is 4.24. The summed E-state index contributed by atoms with van der Waals surface area (Å²) in [5, 5.41) is 0. The van der Waals surface area contributed by atoms with Crippen molar-refractivity contribution in [3.05, 3.63) is 30.3 Å². The van der Waals surface area contributed by atoms with E-state index in [0.717, 1.165) is 5.75 Å². The Labute approximate surface area is 125 Å². The van der Waals surface area contributed by atoms with Gasteiger partial charge in [0.1, 0.15) is 12.4 Å². The Hall–Kier alpha value is -0.980. The number of para-hydroxylation sites is 1. The minimum atomic E-state index is 0. The second-order valence-corrected chi connectivity index (χ2v) is 4.24. The smallest absolute Gasteiger partial charge is 0.191 e. The lowest BCUT2D eigenvalue weighted by atomic mass is 10.3. The number of ether oxygens (including phenoxy) is 1. The minimum absolute atomic E-state index is 0. The highest BCUT2D eigenvalue weighted by atomic mass is 127. The van der Waals surface area contributed by atoms with Gasteiger partial charge in [0.15, 0.2) is 5.96 Å². The van der Waals surface area contributed by atoms with Gasteiger partial charge in [-0.2, -0.15) is 0 Å². The van der Waals surface area contributed by atoms with Crippen molar-refractivity contribution < 1.29 is 4.74 Å². The molecule has 0 spiro atoms. The van der Waals surface area contributed by atoms with Gasteiger partial charge in [-0.05, 0) is 25.0 Å². The molecule has 1 aromatic rings. The van der Waals surface area contributed by atoms with Crippen LogP contribution in [0.3, 0.4) is 0 Å². The molecule has 0 aliphatic heterocycles. The average Bonchev–Trinajstić information content (AvgIpc) is 3.19. The molecule has 4 nitrogen and oxygen atoms in total. The van der Waals surface area contributed by atoms with Crippen LogP contribution in [-0.2, 0) is 0 Å². The predicted molar refractivity (Wildman–Crippen MR) is 84.6 cm³/mol. The van der Waals surface area contributed by atoms with Crippen molar-refractivity contribution in [2.45, 2.75) is 18.9 Å². The lowest BCUT2D eigenvalue weighted by molar-refractivity contribution is 0.327. The first-order valence-electron chi connectivity index (χ1n) is 5.98. The van der Waals surface area contributed by atoms with Gasteiger partial charge in [-0.1, -0.05) is 18.2 Å². The molecule has 1 saturated carbocycles. The van der Waals surface area contributed by atoms with Gasteiger partial charge < -0.3 is 15.4 Å². The van der Waals surface area contributed by atoms with Crippen LogP contribution in [0.2, 0.25) is 0 Å². The van der Waals surface area contributed by atoms with E-state index in [1.54, 1.807) is 0 Å². The van der Waals surface area contributed by atoms with E-state index in [4.69, 9.17) is 10.5 Å². The van der Waals surface area contributed by atoms with Crippen molar-refractivity contribution in [2.24, 2.45) is 10.7 Å². The number of hydrogen-bond donors (Lipinski definition) is 1. The van der Waals surface area contributed by atoms with Crippen molar-refractivity contribution in [1.29, 1.82) is 0 Å². The largest absolute Gasteiger partial charge is 0.492 e. The molecule has 1 aliphatic carbocycles. The Bertz CT molecular complexity index is 379. The van der Waals surface area contributed by atoms with Gasteiger partial charge in [-0.15, -0.1) is 24.0 Å². The lowest BCUT2D eigenvalue weighted by Crippen LogP contribution is -2.36. The van der Waals surface area contributed by atoms with Crippen molar-refractivity contribution in [3.63, 3.8) is 0 Å². The zero-order valence-corrected chi connectivity index (χ0v) is 12.9. The maximum absolute atomic E-state index is 5.86. The third-order valence-electron chi connectivity index (χ3n) is 2.83. The summed E-state index contributed by atoms with van der Waals surface area (Å²) in [5.41, 5.74) is 5.86. The summed E-state index contributed by atoms with van der Waals surface area (Å²) < 4.78 is 5.53. The molecule has 1 fully saturated rings. The first kappa shape index (κ1) is 15.1. The monoisotopic (exact) mass is 361 g/mol. The summed E-state index contributed by atoms with van der Waals surface area (Å²) in [6.45, 7) is 1.15. The normalized spacial score (nSPS) is 14.8. The standard InChI is InChI=1S/C13H19N3O.HI/c1-16(11-7-8-11)13(14)15-9-10-17-12-5-3-2-4-6-12;/h2-6,11H,7-10H2,1H3,(H2,14,15);1H. The number of nitrogens with two attached hydrogens (primary N) is 1. The molecule has 0 atom stereocenters. The fraction of sp³-hybridized carbons (Fsp3) is 0.462. The van der Waals surface area contributed by atoms with Crippen molar-refractivity contribution >= 4 is 29.9 Å². The van der Waals surface area contributed by atoms with Gasteiger partial charge >= 0.3 is 0 Å². The van der Waals surface area contributed by atoms with Gasteiger partial charge in [-0.25, -0.2) is 4.99 Å². The maximum Gasteiger partial charge on any atom is 0.191 e. The van der Waals surface area contributed by atoms with Crippen LogP contribution in [0, 0.1) is 0 Å². The summed E-state index contributed by atoms with van der Waals surface area (Å²) in [5.74, 6) is 1.49. The number of nitrogens with zero attached hydrogens (tertiary/aromatic N) is 2. The number of hydrogen-bond acceptors (Lipinski definition) is 2. The molecular weight excluding hydrogens is 341 g/mol. The fourth-order valence-electron chi connectivity index (χ4n) is 1.60. The van der Waals surface area contributed by atoms with Crippen LogP contribution in [0.25, 0.3) is 0 Å². The zero-order chi connectivity index (χ0) is 12.1. The van der Waals surface area contributed by atoms with E-state index >= 15 is 0 Å². The molecule has 0 unspecified atom stereocenters. The quantitative estimate of drug-likeness (QED) is 0.378. The number of guanidine groups is 1. The Balaban J connectivity index is 0.00000162. The molecular formula is C13H20IN3O. The van der Waals surface area contributed by atoms with Crippen LogP contribution >= 0.6 is 24.0 Å². The molecule has 18 heavy (non-hydrogen) atoms. The van der Waals surface area contributed by atoms with Gasteiger partial charge in [0.2, 0.25) is 0 Å².